The van der Waals surface area contributed by atoms with Crippen molar-refractivity contribution in [2.45, 2.75) is 13.0 Å². The van der Waals surface area contributed by atoms with Gasteiger partial charge in [0.15, 0.2) is 5.82 Å². The van der Waals surface area contributed by atoms with Crippen molar-refractivity contribution in [1.82, 2.24) is 14.7 Å². The monoisotopic (exact) mass is 389 g/mol. The number of likely N-dealkylation sites (N-methyl/N-ethyl adjacent to an activating group) is 1. The highest BCUT2D eigenvalue weighted by Crippen LogP contribution is 2.28. The van der Waals surface area contributed by atoms with Gasteiger partial charge < -0.3 is 10.1 Å². The van der Waals surface area contributed by atoms with E-state index in [9.17, 15) is 10.1 Å². The highest BCUT2D eigenvalue weighted by atomic mass is 16.5. The van der Waals surface area contributed by atoms with Crippen LogP contribution in [0, 0.1) is 11.3 Å². The van der Waals surface area contributed by atoms with Crippen molar-refractivity contribution in [2.75, 3.05) is 26.0 Å². The van der Waals surface area contributed by atoms with Crippen molar-refractivity contribution in [3.05, 3.63) is 71.9 Å². The Labute approximate surface area is 170 Å². The van der Waals surface area contributed by atoms with E-state index >= 15 is 0 Å². The molecule has 0 spiro atoms. The Morgan fingerprint density at radius 1 is 1.24 bits per heavy atom. The Bertz CT molecular complexity index is 1020. The highest BCUT2D eigenvalue weighted by molar-refractivity contribution is 5.93. The molecule has 1 heterocycles. The van der Waals surface area contributed by atoms with E-state index in [0.717, 1.165) is 17.0 Å². The molecule has 2 aromatic carbocycles. The van der Waals surface area contributed by atoms with Crippen LogP contribution in [0.3, 0.4) is 0 Å². The van der Waals surface area contributed by atoms with Crippen LogP contribution in [0.5, 0.6) is 5.75 Å². The maximum atomic E-state index is 12.7. The molecule has 0 bridgehead atoms. The first-order valence-electron chi connectivity index (χ1n) is 9.21. The Morgan fingerprint density at radius 3 is 2.62 bits per heavy atom. The number of methoxy groups -OCH3 is 1. The number of nitriles is 1. The molecule has 3 aromatic rings. The van der Waals surface area contributed by atoms with E-state index in [0.29, 0.717) is 11.4 Å². The molecule has 1 N–H and O–H groups in total. The van der Waals surface area contributed by atoms with Gasteiger partial charge in [0.2, 0.25) is 5.91 Å². The second-order valence-electron chi connectivity index (χ2n) is 6.65. The van der Waals surface area contributed by atoms with E-state index in [1.165, 1.54) is 6.20 Å². The predicted octanol–water partition coefficient (Wildman–Crippen LogP) is 3.38. The number of ether oxygens (including phenoxy) is 1. The summed E-state index contributed by atoms with van der Waals surface area (Å²) in [5.74, 6) is 0.909. The summed E-state index contributed by atoms with van der Waals surface area (Å²) in [7, 11) is 3.50. The van der Waals surface area contributed by atoms with Crippen LogP contribution in [0.15, 0.2) is 60.8 Å². The van der Waals surface area contributed by atoms with Gasteiger partial charge in [0.1, 0.15) is 17.4 Å². The molecule has 3 rings (SSSR count). The van der Waals surface area contributed by atoms with E-state index in [1.54, 1.807) is 11.8 Å². The smallest absolute Gasteiger partial charge is 0.239 e. The van der Waals surface area contributed by atoms with Crippen LogP contribution in [-0.4, -0.2) is 41.3 Å². The third-order valence-electron chi connectivity index (χ3n) is 4.79. The first-order chi connectivity index (χ1) is 14.0. The lowest BCUT2D eigenvalue weighted by Crippen LogP contribution is -2.33. The van der Waals surface area contributed by atoms with Crippen molar-refractivity contribution in [3.63, 3.8) is 0 Å². The zero-order valence-electron chi connectivity index (χ0n) is 16.7. The van der Waals surface area contributed by atoms with Gasteiger partial charge in [-0.05, 0) is 32.2 Å². The van der Waals surface area contributed by atoms with Gasteiger partial charge in [-0.25, -0.2) is 4.68 Å². The van der Waals surface area contributed by atoms with Crippen molar-refractivity contribution in [3.8, 4) is 17.5 Å². The van der Waals surface area contributed by atoms with Crippen molar-refractivity contribution in [1.29, 1.82) is 5.26 Å². The molecule has 7 heteroatoms. The minimum atomic E-state index is -0.233. The maximum absolute atomic E-state index is 12.7. The van der Waals surface area contributed by atoms with Crippen LogP contribution >= 0.6 is 0 Å². The molecule has 1 atom stereocenters. The van der Waals surface area contributed by atoms with Gasteiger partial charge in [0, 0.05) is 11.6 Å². The Balaban J connectivity index is 1.76. The van der Waals surface area contributed by atoms with Gasteiger partial charge in [0.25, 0.3) is 0 Å². The SMILES string of the molecule is COc1ccccc1C(C)N(C)CC(=O)Nc1c(C#N)cnn1-c1ccccc1. The molecule has 0 aliphatic carbocycles. The number of hydrogen-bond donors (Lipinski definition) is 1. The Morgan fingerprint density at radius 2 is 1.93 bits per heavy atom. The fourth-order valence-electron chi connectivity index (χ4n) is 3.10. The van der Waals surface area contributed by atoms with Gasteiger partial charge >= 0.3 is 0 Å². The summed E-state index contributed by atoms with van der Waals surface area (Å²) < 4.78 is 6.98. The predicted molar refractivity (Wildman–Crippen MR) is 111 cm³/mol. The molecule has 0 aliphatic rings. The minimum Gasteiger partial charge on any atom is -0.496 e. The molecule has 1 amide bonds. The van der Waals surface area contributed by atoms with Gasteiger partial charge in [0.05, 0.1) is 25.5 Å². The highest BCUT2D eigenvalue weighted by Gasteiger charge is 2.20. The molecule has 0 saturated heterocycles. The van der Waals surface area contributed by atoms with Crippen LogP contribution in [-0.2, 0) is 4.79 Å². The third-order valence-corrected chi connectivity index (χ3v) is 4.79. The number of aromatic nitrogens is 2. The first kappa shape index (κ1) is 20.1. The molecule has 1 unspecified atom stereocenters. The van der Waals surface area contributed by atoms with Crippen molar-refractivity contribution in [2.24, 2.45) is 0 Å². The van der Waals surface area contributed by atoms with Crippen LogP contribution in [0.4, 0.5) is 5.82 Å². The van der Waals surface area contributed by atoms with Crippen LogP contribution in [0.1, 0.15) is 24.1 Å². The fourth-order valence-corrected chi connectivity index (χ4v) is 3.10. The summed E-state index contributed by atoms with van der Waals surface area (Å²) in [5, 5.41) is 16.5. The molecule has 1 aromatic heterocycles. The summed E-state index contributed by atoms with van der Waals surface area (Å²) in [5.41, 5.74) is 2.07. The number of amides is 1. The summed E-state index contributed by atoms with van der Waals surface area (Å²) in [6, 6.07) is 19.1. The average Bonchev–Trinajstić information content (AvgIpc) is 3.16. The van der Waals surface area contributed by atoms with Gasteiger partial charge in [-0.2, -0.15) is 10.4 Å². The van der Waals surface area contributed by atoms with Gasteiger partial charge in [-0.1, -0.05) is 36.4 Å². The molecule has 0 aliphatic heterocycles. The number of para-hydroxylation sites is 2. The zero-order chi connectivity index (χ0) is 20.8. The normalized spacial score (nSPS) is 11.7. The number of nitrogens with zero attached hydrogens (tertiary/aromatic N) is 4. The number of carbonyl (C=O) groups is 1. The van der Waals surface area contributed by atoms with E-state index < -0.39 is 0 Å². The second kappa shape index (κ2) is 9.04. The van der Waals surface area contributed by atoms with Gasteiger partial charge in [-0.3, -0.25) is 9.69 Å². The van der Waals surface area contributed by atoms with Crippen LogP contribution in [0.25, 0.3) is 5.69 Å². The summed E-state index contributed by atoms with van der Waals surface area (Å²) >= 11 is 0. The lowest BCUT2D eigenvalue weighted by molar-refractivity contribution is -0.117. The van der Waals surface area contributed by atoms with Gasteiger partial charge in [-0.15, -0.1) is 0 Å². The lowest BCUT2D eigenvalue weighted by Gasteiger charge is -2.25. The van der Waals surface area contributed by atoms with E-state index in [-0.39, 0.29) is 18.5 Å². The molecule has 7 nitrogen and oxygen atoms in total. The lowest BCUT2D eigenvalue weighted by atomic mass is 10.1. The van der Waals surface area contributed by atoms with E-state index in [1.807, 2.05) is 73.5 Å². The number of nitrogens with one attached hydrogen (secondary N) is 1. The van der Waals surface area contributed by atoms with E-state index in [2.05, 4.69) is 16.5 Å². The largest absolute Gasteiger partial charge is 0.496 e. The topological polar surface area (TPSA) is 83.2 Å². The van der Waals surface area contributed by atoms with Crippen LogP contribution < -0.4 is 10.1 Å². The fraction of sp³-hybridized carbons (Fsp3) is 0.227. The molecule has 29 heavy (non-hydrogen) atoms. The zero-order valence-corrected chi connectivity index (χ0v) is 16.7. The Kier molecular flexibility index (Phi) is 6.27. The van der Waals surface area contributed by atoms with Crippen molar-refractivity contribution < 1.29 is 9.53 Å². The molecule has 0 fully saturated rings. The van der Waals surface area contributed by atoms with Crippen molar-refractivity contribution >= 4 is 11.7 Å². The second-order valence-corrected chi connectivity index (χ2v) is 6.65. The summed E-state index contributed by atoms with van der Waals surface area (Å²) in [4.78, 5) is 14.6. The standard InChI is InChI=1S/C22H23N5O2/c1-16(19-11-7-8-12-20(19)29-3)26(2)15-21(28)25-22-17(13-23)14-24-27(22)18-9-5-4-6-10-18/h4-12,14,16H,15H2,1-3H3,(H,25,28). The summed E-state index contributed by atoms with van der Waals surface area (Å²) in [6.45, 7) is 2.16. The van der Waals surface area contributed by atoms with Crippen LogP contribution in [0.2, 0.25) is 0 Å². The summed E-state index contributed by atoms with van der Waals surface area (Å²) in [6.07, 6.45) is 1.45. The molecule has 0 radical (unpaired) electrons. The molecule has 0 saturated carbocycles. The maximum Gasteiger partial charge on any atom is 0.239 e. The number of benzene rings is 2. The first-order valence-corrected chi connectivity index (χ1v) is 9.21. The average molecular weight is 389 g/mol. The number of carbonyl (C=O) groups excluding carboxylic acids is 1. The third kappa shape index (κ3) is 4.45. The number of hydrogen-bond acceptors (Lipinski definition) is 5. The Hall–Kier alpha value is -3.63. The van der Waals surface area contributed by atoms with E-state index in [4.69, 9.17) is 4.74 Å². The number of rotatable bonds is 7. The number of anilines is 1. The molecule has 148 valence electrons. The quantitative estimate of drug-likeness (QED) is 0.670. The minimum absolute atomic E-state index is 0.0358. The molecular formula is C22H23N5O2. The molecular weight excluding hydrogens is 366 g/mol.